The van der Waals surface area contributed by atoms with Crippen LogP contribution in [0.25, 0.3) is 0 Å². The highest BCUT2D eigenvalue weighted by atomic mass is 32.1. The zero-order valence-corrected chi connectivity index (χ0v) is 8.09. The van der Waals surface area contributed by atoms with E-state index in [1.54, 1.807) is 11.3 Å². The third-order valence-electron chi connectivity index (χ3n) is 1.95. The molecule has 13 heavy (non-hydrogen) atoms. The molecule has 0 unspecified atom stereocenters. The van der Waals surface area contributed by atoms with Crippen LogP contribution >= 0.6 is 11.3 Å². The Kier molecular flexibility index (Phi) is 3.92. The van der Waals surface area contributed by atoms with E-state index < -0.39 is 11.9 Å². The van der Waals surface area contributed by atoms with Crippen molar-refractivity contribution < 1.29 is 9.90 Å². The van der Waals surface area contributed by atoms with Crippen LogP contribution in [0, 0.1) is 5.92 Å². The van der Waals surface area contributed by atoms with Gasteiger partial charge in [-0.05, 0) is 24.3 Å². The molecule has 72 valence electrons. The maximum absolute atomic E-state index is 10.6. The van der Waals surface area contributed by atoms with Crippen molar-refractivity contribution in [2.45, 2.75) is 12.8 Å². The van der Waals surface area contributed by atoms with Gasteiger partial charge in [0.15, 0.2) is 0 Å². The maximum Gasteiger partial charge on any atom is 0.307 e. The molecule has 4 heteroatoms. The first-order valence-electron chi connectivity index (χ1n) is 4.19. The lowest BCUT2D eigenvalue weighted by atomic mass is 10.0. The van der Waals surface area contributed by atoms with E-state index in [1.807, 2.05) is 17.5 Å². The normalized spacial score (nSPS) is 12.7. The molecule has 0 radical (unpaired) electrons. The molecule has 1 atom stereocenters. The lowest BCUT2D eigenvalue weighted by Gasteiger charge is -2.07. The van der Waals surface area contributed by atoms with Gasteiger partial charge in [0.25, 0.3) is 0 Å². The number of hydrogen-bond acceptors (Lipinski definition) is 3. The zero-order valence-electron chi connectivity index (χ0n) is 7.27. The maximum atomic E-state index is 10.6. The number of aliphatic carboxylic acids is 1. The van der Waals surface area contributed by atoms with Crippen molar-refractivity contribution in [3.63, 3.8) is 0 Å². The monoisotopic (exact) mass is 199 g/mol. The van der Waals surface area contributed by atoms with Crippen LogP contribution in [0.15, 0.2) is 17.5 Å². The molecule has 0 aliphatic carbocycles. The fourth-order valence-electron chi connectivity index (χ4n) is 1.11. The number of rotatable bonds is 5. The summed E-state index contributed by atoms with van der Waals surface area (Å²) in [5, 5.41) is 10.7. The Labute approximate surface area is 81.2 Å². The van der Waals surface area contributed by atoms with E-state index in [-0.39, 0.29) is 6.54 Å². The summed E-state index contributed by atoms with van der Waals surface area (Å²) in [6.07, 6.45) is 1.44. The van der Waals surface area contributed by atoms with Crippen molar-refractivity contribution >= 4 is 17.3 Å². The molecule has 3 nitrogen and oxygen atoms in total. The Morgan fingerprint density at radius 2 is 2.46 bits per heavy atom. The van der Waals surface area contributed by atoms with Gasteiger partial charge in [0, 0.05) is 11.4 Å². The van der Waals surface area contributed by atoms with Crippen molar-refractivity contribution in [1.82, 2.24) is 0 Å². The van der Waals surface area contributed by atoms with Crippen LogP contribution in [0.5, 0.6) is 0 Å². The van der Waals surface area contributed by atoms with Crippen LogP contribution in [-0.2, 0) is 11.2 Å². The Bertz CT molecular complexity index is 259. The van der Waals surface area contributed by atoms with Gasteiger partial charge in [0.05, 0.1) is 5.92 Å². The van der Waals surface area contributed by atoms with E-state index in [9.17, 15) is 4.79 Å². The SMILES string of the molecule is NC[C@H](CCc1cccs1)C(=O)O. The molecule has 0 spiro atoms. The van der Waals surface area contributed by atoms with E-state index in [0.717, 1.165) is 6.42 Å². The molecular formula is C9H13NO2S. The minimum Gasteiger partial charge on any atom is -0.481 e. The van der Waals surface area contributed by atoms with Crippen LogP contribution in [0.3, 0.4) is 0 Å². The predicted molar refractivity (Wildman–Crippen MR) is 52.8 cm³/mol. The zero-order chi connectivity index (χ0) is 9.68. The van der Waals surface area contributed by atoms with Crippen molar-refractivity contribution in [3.8, 4) is 0 Å². The fraction of sp³-hybridized carbons (Fsp3) is 0.444. The lowest BCUT2D eigenvalue weighted by Crippen LogP contribution is -2.23. The number of aryl methyl sites for hydroxylation is 1. The van der Waals surface area contributed by atoms with Gasteiger partial charge >= 0.3 is 5.97 Å². The Hall–Kier alpha value is -0.870. The number of carboxylic acids is 1. The second kappa shape index (κ2) is 4.99. The minimum absolute atomic E-state index is 0.223. The van der Waals surface area contributed by atoms with Crippen molar-refractivity contribution in [1.29, 1.82) is 0 Å². The van der Waals surface area contributed by atoms with E-state index in [1.165, 1.54) is 4.88 Å². The Balaban J connectivity index is 2.36. The average Bonchev–Trinajstić information content (AvgIpc) is 2.57. The average molecular weight is 199 g/mol. The van der Waals surface area contributed by atoms with Crippen molar-refractivity contribution in [2.24, 2.45) is 11.7 Å². The molecule has 1 aromatic rings. The minimum atomic E-state index is -0.793. The van der Waals surface area contributed by atoms with E-state index >= 15 is 0 Å². The number of carbonyl (C=O) groups is 1. The van der Waals surface area contributed by atoms with Crippen molar-refractivity contribution in [2.75, 3.05) is 6.54 Å². The smallest absolute Gasteiger partial charge is 0.307 e. The van der Waals surface area contributed by atoms with Crippen LogP contribution in [0.1, 0.15) is 11.3 Å². The predicted octanol–water partition coefficient (Wildman–Crippen LogP) is 1.34. The molecule has 0 aromatic carbocycles. The molecule has 0 saturated carbocycles. The van der Waals surface area contributed by atoms with Gasteiger partial charge in [0.1, 0.15) is 0 Å². The van der Waals surface area contributed by atoms with Crippen LogP contribution in [-0.4, -0.2) is 17.6 Å². The lowest BCUT2D eigenvalue weighted by molar-refractivity contribution is -0.141. The van der Waals surface area contributed by atoms with Gasteiger partial charge in [0.2, 0.25) is 0 Å². The summed E-state index contributed by atoms with van der Waals surface area (Å²) in [6, 6.07) is 3.98. The highest BCUT2D eigenvalue weighted by Crippen LogP contribution is 2.14. The number of nitrogens with two attached hydrogens (primary N) is 1. The molecule has 0 aliphatic rings. The Morgan fingerprint density at radius 1 is 1.69 bits per heavy atom. The quantitative estimate of drug-likeness (QED) is 0.752. The summed E-state index contributed by atoms with van der Waals surface area (Å²) in [5.41, 5.74) is 5.34. The molecule has 1 aromatic heterocycles. The summed E-state index contributed by atoms with van der Waals surface area (Å²) in [7, 11) is 0. The van der Waals surface area contributed by atoms with E-state index in [0.29, 0.717) is 6.42 Å². The molecule has 0 aliphatic heterocycles. The van der Waals surface area contributed by atoms with Crippen LogP contribution in [0.4, 0.5) is 0 Å². The second-order valence-corrected chi connectivity index (χ2v) is 3.92. The number of hydrogen-bond donors (Lipinski definition) is 2. The molecule has 3 N–H and O–H groups in total. The summed E-state index contributed by atoms with van der Waals surface area (Å²) < 4.78 is 0. The summed E-state index contributed by atoms with van der Waals surface area (Å²) >= 11 is 1.65. The standard InChI is InChI=1S/C9H13NO2S/c10-6-7(9(11)12)3-4-8-2-1-5-13-8/h1-2,5,7H,3-4,6,10H2,(H,11,12)/t7-/m0/s1. The fourth-order valence-corrected chi connectivity index (χ4v) is 1.84. The van der Waals surface area contributed by atoms with Crippen LogP contribution in [0.2, 0.25) is 0 Å². The van der Waals surface area contributed by atoms with Gasteiger partial charge in [-0.15, -0.1) is 11.3 Å². The second-order valence-electron chi connectivity index (χ2n) is 2.89. The molecule has 1 rings (SSSR count). The molecule has 0 saturated heterocycles. The molecule has 0 fully saturated rings. The van der Waals surface area contributed by atoms with E-state index in [2.05, 4.69) is 0 Å². The first-order chi connectivity index (χ1) is 6.24. The third kappa shape index (κ3) is 3.16. The first-order valence-corrected chi connectivity index (χ1v) is 5.07. The van der Waals surface area contributed by atoms with Gasteiger partial charge < -0.3 is 10.8 Å². The van der Waals surface area contributed by atoms with Gasteiger partial charge in [-0.1, -0.05) is 6.07 Å². The molecular weight excluding hydrogens is 186 g/mol. The van der Waals surface area contributed by atoms with Gasteiger partial charge in [-0.3, -0.25) is 4.79 Å². The first kappa shape index (κ1) is 10.2. The molecule has 1 heterocycles. The summed E-state index contributed by atoms with van der Waals surface area (Å²) in [6.45, 7) is 0.223. The molecule has 0 amide bonds. The Morgan fingerprint density at radius 3 is 2.92 bits per heavy atom. The highest BCUT2D eigenvalue weighted by Gasteiger charge is 2.14. The van der Waals surface area contributed by atoms with E-state index in [4.69, 9.17) is 10.8 Å². The number of carboxylic acid groups (broad SMARTS) is 1. The van der Waals surface area contributed by atoms with Gasteiger partial charge in [-0.25, -0.2) is 0 Å². The van der Waals surface area contributed by atoms with Crippen molar-refractivity contribution in [3.05, 3.63) is 22.4 Å². The third-order valence-corrected chi connectivity index (χ3v) is 2.89. The largest absolute Gasteiger partial charge is 0.481 e. The summed E-state index contributed by atoms with van der Waals surface area (Å²) in [5.74, 6) is -1.19. The number of thiophene rings is 1. The highest BCUT2D eigenvalue weighted by molar-refractivity contribution is 7.09. The van der Waals surface area contributed by atoms with Gasteiger partial charge in [-0.2, -0.15) is 0 Å². The van der Waals surface area contributed by atoms with Crippen LogP contribution < -0.4 is 5.73 Å². The summed E-state index contributed by atoms with van der Waals surface area (Å²) in [4.78, 5) is 11.8. The molecule has 0 bridgehead atoms. The topological polar surface area (TPSA) is 63.3 Å².